The van der Waals surface area contributed by atoms with Crippen LogP contribution in [0.5, 0.6) is 0 Å². The second-order valence-electron chi connectivity index (χ2n) is 2.35. The van der Waals surface area contributed by atoms with Crippen LogP contribution in [0.25, 0.3) is 0 Å². The fourth-order valence-corrected chi connectivity index (χ4v) is 1.03. The second-order valence-corrected chi connectivity index (χ2v) is 2.35. The quantitative estimate of drug-likeness (QED) is 0.549. The van der Waals surface area contributed by atoms with E-state index in [-0.39, 0.29) is 0 Å². The Labute approximate surface area is 44.4 Å². The van der Waals surface area contributed by atoms with Crippen LogP contribution in [0.4, 0.5) is 0 Å². The molecule has 2 atom stereocenters. The summed E-state index contributed by atoms with van der Waals surface area (Å²) < 4.78 is 0. The molecular formula is C6H12O. The van der Waals surface area contributed by atoms with Gasteiger partial charge in [0, 0.05) is 6.61 Å². The summed E-state index contributed by atoms with van der Waals surface area (Å²) in [6.07, 6.45) is 2.53. The molecule has 0 heterocycles. The standard InChI is InChI=1S/C6H12O/c1-2-5-3-6(5)4-7/h5-7H,2-4H2,1H3/t5-,6+/m1/s1. The lowest BCUT2D eigenvalue weighted by Gasteiger charge is -1.85. The lowest BCUT2D eigenvalue weighted by Crippen LogP contribution is -1.85. The van der Waals surface area contributed by atoms with Crippen LogP contribution in [0.3, 0.4) is 0 Å². The van der Waals surface area contributed by atoms with Crippen molar-refractivity contribution in [1.29, 1.82) is 0 Å². The molecule has 0 unspecified atom stereocenters. The van der Waals surface area contributed by atoms with E-state index in [0.717, 1.165) is 5.92 Å². The smallest absolute Gasteiger partial charge is 0.0462 e. The monoisotopic (exact) mass is 100 g/mol. The Kier molecular flexibility index (Phi) is 1.33. The van der Waals surface area contributed by atoms with Gasteiger partial charge in [0.25, 0.3) is 0 Å². The molecule has 1 nitrogen and oxygen atoms in total. The van der Waals surface area contributed by atoms with Crippen LogP contribution >= 0.6 is 0 Å². The summed E-state index contributed by atoms with van der Waals surface area (Å²) in [5.74, 6) is 1.54. The van der Waals surface area contributed by atoms with Crippen LogP contribution in [0.2, 0.25) is 0 Å². The Balaban J connectivity index is 2.06. The van der Waals surface area contributed by atoms with Gasteiger partial charge in [0.2, 0.25) is 0 Å². The molecule has 0 saturated heterocycles. The van der Waals surface area contributed by atoms with Crippen LogP contribution < -0.4 is 0 Å². The van der Waals surface area contributed by atoms with Crippen molar-refractivity contribution in [2.24, 2.45) is 11.8 Å². The number of hydrogen-bond donors (Lipinski definition) is 1. The number of hydrogen-bond acceptors (Lipinski definition) is 1. The summed E-state index contributed by atoms with van der Waals surface area (Å²) in [4.78, 5) is 0. The molecule has 0 bridgehead atoms. The van der Waals surface area contributed by atoms with Gasteiger partial charge in [0.15, 0.2) is 0 Å². The minimum Gasteiger partial charge on any atom is -0.396 e. The van der Waals surface area contributed by atoms with E-state index in [4.69, 9.17) is 5.11 Å². The van der Waals surface area contributed by atoms with Gasteiger partial charge in [0.05, 0.1) is 0 Å². The van der Waals surface area contributed by atoms with Crippen molar-refractivity contribution in [2.75, 3.05) is 6.61 Å². The van der Waals surface area contributed by atoms with Crippen LogP contribution in [0, 0.1) is 11.8 Å². The third-order valence-corrected chi connectivity index (χ3v) is 1.83. The lowest BCUT2D eigenvalue weighted by molar-refractivity contribution is 0.268. The van der Waals surface area contributed by atoms with Gasteiger partial charge in [-0.05, 0) is 18.3 Å². The maximum Gasteiger partial charge on any atom is 0.0462 e. The number of rotatable bonds is 2. The summed E-state index contributed by atoms with van der Waals surface area (Å²) in [5.41, 5.74) is 0. The molecule has 42 valence electrons. The zero-order valence-electron chi connectivity index (χ0n) is 4.72. The van der Waals surface area contributed by atoms with Gasteiger partial charge in [-0.25, -0.2) is 0 Å². The lowest BCUT2D eigenvalue weighted by atomic mass is 10.3. The van der Waals surface area contributed by atoms with Crippen molar-refractivity contribution < 1.29 is 5.11 Å². The minimum absolute atomic E-state index is 0.415. The highest BCUT2D eigenvalue weighted by Gasteiger charge is 2.33. The molecule has 0 aromatic heterocycles. The number of aliphatic hydroxyl groups excluding tert-OH is 1. The highest BCUT2D eigenvalue weighted by Crippen LogP contribution is 2.39. The summed E-state index contributed by atoms with van der Waals surface area (Å²) in [5, 5.41) is 8.51. The van der Waals surface area contributed by atoms with E-state index < -0.39 is 0 Å². The van der Waals surface area contributed by atoms with Crippen molar-refractivity contribution in [3.8, 4) is 0 Å². The molecule has 1 saturated carbocycles. The first kappa shape index (κ1) is 5.10. The summed E-state index contributed by atoms with van der Waals surface area (Å²) in [6, 6.07) is 0. The number of aliphatic hydroxyl groups is 1. The molecule has 1 heteroatoms. The van der Waals surface area contributed by atoms with E-state index in [1.165, 1.54) is 12.8 Å². The van der Waals surface area contributed by atoms with Crippen molar-refractivity contribution in [1.82, 2.24) is 0 Å². The average Bonchev–Trinajstić information content (AvgIpc) is 2.43. The maximum absolute atomic E-state index is 8.51. The highest BCUT2D eigenvalue weighted by molar-refractivity contribution is 4.83. The Bertz CT molecular complexity index is 53.2. The van der Waals surface area contributed by atoms with Gasteiger partial charge < -0.3 is 5.11 Å². The minimum atomic E-state index is 0.415. The zero-order chi connectivity index (χ0) is 5.28. The molecule has 1 N–H and O–H groups in total. The maximum atomic E-state index is 8.51. The summed E-state index contributed by atoms with van der Waals surface area (Å²) in [7, 11) is 0. The van der Waals surface area contributed by atoms with E-state index >= 15 is 0 Å². The second kappa shape index (κ2) is 1.83. The first-order valence-electron chi connectivity index (χ1n) is 2.99. The summed E-state index contributed by atoms with van der Waals surface area (Å²) >= 11 is 0. The van der Waals surface area contributed by atoms with Crippen LogP contribution in [0.1, 0.15) is 19.8 Å². The van der Waals surface area contributed by atoms with Gasteiger partial charge in [-0.15, -0.1) is 0 Å². The Morgan fingerprint density at radius 2 is 2.29 bits per heavy atom. The van der Waals surface area contributed by atoms with E-state index in [9.17, 15) is 0 Å². The topological polar surface area (TPSA) is 20.2 Å². The molecule has 0 aliphatic heterocycles. The molecule has 0 aromatic carbocycles. The molecule has 0 spiro atoms. The predicted octanol–water partition coefficient (Wildman–Crippen LogP) is 1.02. The molecule has 0 aromatic rings. The Morgan fingerprint density at radius 3 is 2.43 bits per heavy atom. The zero-order valence-corrected chi connectivity index (χ0v) is 4.72. The third-order valence-electron chi connectivity index (χ3n) is 1.83. The van der Waals surface area contributed by atoms with Gasteiger partial charge in [-0.1, -0.05) is 13.3 Å². The molecule has 1 fully saturated rings. The van der Waals surface area contributed by atoms with Gasteiger partial charge in [-0.2, -0.15) is 0 Å². The van der Waals surface area contributed by atoms with Crippen molar-refractivity contribution in [3.05, 3.63) is 0 Å². The molecule has 0 amide bonds. The van der Waals surface area contributed by atoms with Gasteiger partial charge >= 0.3 is 0 Å². The largest absolute Gasteiger partial charge is 0.396 e. The molecule has 0 radical (unpaired) electrons. The molecule has 7 heavy (non-hydrogen) atoms. The highest BCUT2D eigenvalue weighted by atomic mass is 16.3. The van der Waals surface area contributed by atoms with Crippen molar-refractivity contribution in [3.63, 3.8) is 0 Å². The normalized spacial score (nSPS) is 38.6. The van der Waals surface area contributed by atoms with E-state index in [1.54, 1.807) is 0 Å². The Hall–Kier alpha value is -0.0400. The molecule has 1 aliphatic carbocycles. The van der Waals surface area contributed by atoms with E-state index in [2.05, 4.69) is 6.92 Å². The third kappa shape index (κ3) is 0.942. The molecule has 1 aliphatic rings. The van der Waals surface area contributed by atoms with Gasteiger partial charge in [-0.3, -0.25) is 0 Å². The van der Waals surface area contributed by atoms with E-state index in [1.807, 2.05) is 0 Å². The Morgan fingerprint density at radius 1 is 1.57 bits per heavy atom. The first-order valence-corrected chi connectivity index (χ1v) is 2.99. The molecule has 1 rings (SSSR count). The SMILES string of the molecule is CC[C@@H]1C[C@H]1CO. The molecular weight excluding hydrogens is 88.1 g/mol. The van der Waals surface area contributed by atoms with Crippen LogP contribution in [0.15, 0.2) is 0 Å². The summed E-state index contributed by atoms with van der Waals surface area (Å²) in [6.45, 7) is 2.60. The fourth-order valence-electron chi connectivity index (χ4n) is 1.03. The van der Waals surface area contributed by atoms with E-state index in [0.29, 0.717) is 12.5 Å². The average molecular weight is 100 g/mol. The fraction of sp³-hybridized carbons (Fsp3) is 1.00. The first-order chi connectivity index (χ1) is 3.38. The van der Waals surface area contributed by atoms with Crippen molar-refractivity contribution in [2.45, 2.75) is 19.8 Å². The van der Waals surface area contributed by atoms with Gasteiger partial charge in [0.1, 0.15) is 0 Å². The van der Waals surface area contributed by atoms with Crippen molar-refractivity contribution >= 4 is 0 Å². The predicted molar refractivity (Wildman–Crippen MR) is 29.0 cm³/mol. The van der Waals surface area contributed by atoms with Crippen LogP contribution in [-0.4, -0.2) is 11.7 Å². The van der Waals surface area contributed by atoms with Crippen LogP contribution in [-0.2, 0) is 0 Å².